The molecule has 0 spiro atoms. The Hall–Kier alpha value is -0.820. The molecule has 1 rings (SSSR count). The average molecular weight is 206 g/mol. The third-order valence-corrected chi connectivity index (χ3v) is 3.12. The Morgan fingerprint density at radius 1 is 1.00 bits per heavy atom. The molecule has 1 aromatic carbocycles. The Kier molecular flexibility index (Phi) is 4.34. The molecular weight excluding hydrogens is 184 g/mol. The summed E-state index contributed by atoms with van der Waals surface area (Å²) in [5, 5.41) is 9.76. The van der Waals surface area contributed by atoms with Crippen LogP contribution in [0.3, 0.4) is 0 Å². The second-order valence-electron chi connectivity index (χ2n) is 4.59. The Morgan fingerprint density at radius 3 is 1.87 bits per heavy atom. The molecule has 0 saturated carbocycles. The maximum Gasteiger partial charge on any atom is 0.0603 e. The van der Waals surface area contributed by atoms with Crippen molar-refractivity contribution < 1.29 is 5.11 Å². The standard InChI is InChI=1S/C14H22O/c1-5-14(15)11(4)13-8-6-12(7-9-13)10(2)3/h6-11,14-15H,5H2,1-4H3. The van der Waals surface area contributed by atoms with E-state index < -0.39 is 0 Å². The second kappa shape index (κ2) is 5.32. The van der Waals surface area contributed by atoms with Gasteiger partial charge in [-0.2, -0.15) is 0 Å². The summed E-state index contributed by atoms with van der Waals surface area (Å²) >= 11 is 0. The largest absolute Gasteiger partial charge is 0.393 e. The predicted molar refractivity (Wildman–Crippen MR) is 65.2 cm³/mol. The molecule has 2 atom stereocenters. The van der Waals surface area contributed by atoms with Crippen LogP contribution in [0.2, 0.25) is 0 Å². The third-order valence-electron chi connectivity index (χ3n) is 3.12. The van der Waals surface area contributed by atoms with Crippen molar-refractivity contribution in [2.45, 2.75) is 52.1 Å². The molecule has 0 aliphatic rings. The first-order chi connectivity index (χ1) is 7.06. The SMILES string of the molecule is CCC(O)C(C)c1ccc(C(C)C)cc1. The fraction of sp³-hybridized carbons (Fsp3) is 0.571. The summed E-state index contributed by atoms with van der Waals surface area (Å²) in [7, 11) is 0. The molecule has 0 heterocycles. The van der Waals surface area contributed by atoms with Gasteiger partial charge in [-0.15, -0.1) is 0 Å². The average Bonchev–Trinajstić information content (AvgIpc) is 2.27. The molecule has 1 N–H and O–H groups in total. The van der Waals surface area contributed by atoms with Gasteiger partial charge in [-0.1, -0.05) is 52.0 Å². The zero-order chi connectivity index (χ0) is 11.4. The molecule has 15 heavy (non-hydrogen) atoms. The van der Waals surface area contributed by atoms with Crippen LogP contribution >= 0.6 is 0 Å². The number of benzene rings is 1. The van der Waals surface area contributed by atoms with E-state index in [1.54, 1.807) is 0 Å². The van der Waals surface area contributed by atoms with Gasteiger partial charge in [-0.05, 0) is 23.5 Å². The van der Waals surface area contributed by atoms with Crippen molar-refractivity contribution in [3.63, 3.8) is 0 Å². The van der Waals surface area contributed by atoms with Gasteiger partial charge >= 0.3 is 0 Å². The van der Waals surface area contributed by atoms with Gasteiger partial charge < -0.3 is 5.11 Å². The first kappa shape index (κ1) is 12.3. The van der Waals surface area contributed by atoms with Crippen molar-refractivity contribution in [1.29, 1.82) is 0 Å². The molecule has 1 aromatic rings. The van der Waals surface area contributed by atoms with E-state index in [1.165, 1.54) is 11.1 Å². The highest BCUT2D eigenvalue weighted by Crippen LogP contribution is 2.23. The molecule has 0 aromatic heterocycles. The van der Waals surface area contributed by atoms with Crippen LogP contribution in [0.25, 0.3) is 0 Å². The third kappa shape index (κ3) is 3.07. The molecule has 1 nitrogen and oxygen atoms in total. The number of hydrogen-bond acceptors (Lipinski definition) is 1. The molecule has 84 valence electrons. The molecule has 1 heteroatoms. The first-order valence-corrected chi connectivity index (χ1v) is 5.84. The van der Waals surface area contributed by atoms with Crippen molar-refractivity contribution in [3.05, 3.63) is 35.4 Å². The van der Waals surface area contributed by atoms with E-state index >= 15 is 0 Å². The van der Waals surface area contributed by atoms with Gasteiger partial charge in [0.05, 0.1) is 6.10 Å². The lowest BCUT2D eigenvalue weighted by atomic mass is 9.92. The van der Waals surface area contributed by atoms with E-state index in [2.05, 4.69) is 45.0 Å². The van der Waals surface area contributed by atoms with Gasteiger partial charge in [0, 0.05) is 5.92 Å². The minimum absolute atomic E-state index is 0.227. The van der Waals surface area contributed by atoms with Crippen LogP contribution in [-0.4, -0.2) is 11.2 Å². The molecule has 0 aliphatic heterocycles. The van der Waals surface area contributed by atoms with Gasteiger partial charge in [-0.3, -0.25) is 0 Å². The van der Waals surface area contributed by atoms with Crippen LogP contribution in [0.15, 0.2) is 24.3 Å². The highest BCUT2D eigenvalue weighted by Gasteiger charge is 2.14. The fourth-order valence-electron chi connectivity index (χ4n) is 1.76. The van der Waals surface area contributed by atoms with Crippen LogP contribution in [0.1, 0.15) is 57.1 Å². The predicted octanol–water partition coefficient (Wildman–Crippen LogP) is 3.68. The van der Waals surface area contributed by atoms with Crippen molar-refractivity contribution in [1.82, 2.24) is 0 Å². The molecule has 0 saturated heterocycles. The van der Waals surface area contributed by atoms with E-state index in [4.69, 9.17) is 0 Å². The number of hydrogen-bond donors (Lipinski definition) is 1. The Labute approximate surface area is 93.1 Å². The summed E-state index contributed by atoms with van der Waals surface area (Å²) in [6, 6.07) is 8.61. The summed E-state index contributed by atoms with van der Waals surface area (Å²) in [6.07, 6.45) is 0.586. The molecular formula is C14H22O. The zero-order valence-corrected chi connectivity index (χ0v) is 10.2. The summed E-state index contributed by atoms with van der Waals surface area (Å²) in [5.74, 6) is 0.807. The van der Waals surface area contributed by atoms with Crippen molar-refractivity contribution in [3.8, 4) is 0 Å². The summed E-state index contributed by atoms with van der Waals surface area (Å²) in [5.41, 5.74) is 2.59. The van der Waals surface area contributed by atoms with Gasteiger partial charge in [0.25, 0.3) is 0 Å². The van der Waals surface area contributed by atoms with Crippen LogP contribution in [0.4, 0.5) is 0 Å². The quantitative estimate of drug-likeness (QED) is 0.796. The van der Waals surface area contributed by atoms with Gasteiger partial charge in [0.1, 0.15) is 0 Å². The highest BCUT2D eigenvalue weighted by molar-refractivity contribution is 5.27. The lowest BCUT2D eigenvalue weighted by Gasteiger charge is -2.18. The van der Waals surface area contributed by atoms with Crippen LogP contribution in [0.5, 0.6) is 0 Å². The lowest BCUT2D eigenvalue weighted by molar-refractivity contribution is 0.145. The summed E-state index contributed by atoms with van der Waals surface area (Å²) in [4.78, 5) is 0. The second-order valence-corrected chi connectivity index (χ2v) is 4.59. The van der Waals surface area contributed by atoms with Crippen LogP contribution in [-0.2, 0) is 0 Å². The zero-order valence-electron chi connectivity index (χ0n) is 10.2. The molecule has 0 bridgehead atoms. The van der Waals surface area contributed by atoms with Crippen molar-refractivity contribution in [2.75, 3.05) is 0 Å². The summed E-state index contributed by atoms with van der Waals surface area (Å²) in [6.45, 7) is 8.49. The van der Waals surface area contributed by atoms with E-state index in [1.807, 2.05) is 6.92 Å². The van der Waals surface area contributed by atoms with E-state index in [0.717, 1.165) is 6.42 Å². The normalized spacial score (nSPS) is 15.3. The molecule has 2 unspecified atom stereocenters. The number of aliphatic hydroxyl groups is 1. The first-order valence-electron chi connectivity index (χ1n) is 5.84. The van der Waals surface area contributed by atoms with Gasteiger partial charge in [-0.25, -0.2) is 0 Å². The summed E-state index contributed by atoms with van der Waals surface area (Å²) < 4.78 is 0. The Bertz CT molecular complexity index is 287. The Morgan fingerprint density at radius 2 is 1.47 bits per heavy atom. The Balaban J connectivity index is 2.79. The minimum atomic E-state index is -0.227. The highest BCUT2D eigenvalue weighted by atomic mass is 16.3. The van der Waals surface area contributed by atoms with Crippen LogP contribution in [0, 0.1) is 0 Å². The minimum Gasteiger partial charge on any atom is -0.393 e. The van der Waals surface area contributed by atoms with Crippen LogP contribution < -0.4 is 0 Å². The van der Waals surface area contributed by atoms with Crippen molar-refractivity contribution in [2.24, 2.45) is 0 Å². The molecule has 0 aliphatic carbocycles. The van der Waals surface area contributed by atoms with E-state index in [-0.39, 0.29) is 12.0 Å². The van der Waals surface area contributed by atoms with Gasteiger partial charge in [0.15, 0.2) is 0 Å². The maximum absolute atomic E-state index is 9.76. The maximum atomic E-state index is 9.76. The number of aliphatic hydroxyl groups excluding tert-OH is 1. The van der Waals surface area contributed by atoms with E-state index in [0.29, 0.717) is 5.92 Å². The molecule has 0 radical (unpaired) electrons. The topological polar surface area (TPSA) is 20.2 Å². The molecule has 0 amide bonds. The van der Waals surface area contributed by atoms with Crippen molar-refractivity contribution >= 4 is 0 Å². The monoisotopic (exact) mass is 206 g/mol. The number of rotatable bonds is 4. The molecule has 0 fully saturated rings. The van der Waals surface area contributed by atoms with E-state index in [9.17, 15) is 5.11 Å². The lowest BCUT2D eigenvalue weighted by Crippen LogP contribution is -2.14. The fourth-order valence-corrected chi connectivity index (χ4v) is 1.76. The van der Waals surface area contributed by atoms with Gasteiger partial charge in [0.2, 0.25) is 0 Å². The smallest absolute Gasteiger partial charge is 0.0603 e.